The van der Waals surface area contributed by atoms with Crippen LogP contribution in [0.5, 0.6) is 0 Å². The van der Waals surface area contributed by atoms with Crippen LogP contribution < -0.4 is 0 Å². The Bertz CT molecular complexity index is 33.5. The van der Waals surface area contributed by atoms with Crippen LogP contribution in [-0.2, 0) is 0 Å². The van der Waals surface area contributed by atoms with Gasteiger partial charge in [-0.3, -0.25) is 0 Å². The molecule has 0 aliphatic carbocycles. The van der Waals surface area contributed by atoms with Gasteiger partial charge in [0.1, 0.15) is 0 Å². The van der Waals surface area contributed by atoms with E-state index in [0.29, 0.717) is 0 Å². The molecular formula is CH23NaO13. The van der Waals surface area contributed by atoms with Crippen molar-refractivity contribution < 1.29 is 69.8 Å². The topological polar surface area (TPSA) is 373 Å². The van der Waals surface area contributed by atoms with E-state index in [1.165, 1.54) is 0 Å². The van der Waals surface area contributed by atoms with Gasteiger partial charge in [0.15, 0.2) is 0 Å². The molecular weight excluding hydrogens is 243 g/mol. The van der Waals surface area contributed by atoms with E-state index in [4.69, 9.17) is 15.0 Å². The number of hydrogen-bond donors (Lipinski definition) is 2. The standard InChI is InChI=1S/CH2O3.Na.10H2O.H/c2-1(3)4;;;;;;;;;;;;/h(H2,2,3,4);;10*1H2;. The monoisotopic (exact) mass is 266 g/mol. The van der Waals surface area contributed by atoms with Crippen molar-refractivity contribution in [3.63, 3.8) is 0 Å². The second-order valence-electron chi connectivity index (χ2n) is 0.283. The fraction of sp³-hybridized carbons (Fsp3) is 0. The van der Waals surface area contributed by atoms with Crippen LogP contribution in [0.2, 0.25) is 0 Å². The first-order chi connectivity index (χ1) is 1.73. The van der Waals surface area contributed by atoms with Gasteiger partial charge in [0.25, 0.3) is 0 Å². The third-order valence-electron chi connectivity index (χ3n) is 0. The molecule has 0 unspecified atom stereocenters. The second-order valence-corrected chi connectivity index (χ2v) is 0.283. The molecule has 0 aliphatic heterocycles. The van der Waals surface area contributed by atoms with E-state index in [2.05, 4.69) is 0 Å². The molecule has 0 aromatic heterocycles. The Kier molecular flexibility index (Phi) is 6460. The zero-order valence-corrected chi connectivity index (χ0v) is 6.80. The minimum absolute atomic E-state index is 0. The van der Waals surface area contributed by atoms with E-state index >= 15 is 0 Å². The molecule has 14 heteroatoms. The van der Waals surface area contributed by atoms with Crippen LogP contribution in [0.15, 0.2) is 0 Å². The minimum atomic E-state index is -1.83. The summed E-state index contributed by atoms with van der Waals surface area (Å²) < 4.78 is 0. The predicted molar refractivity (Wildman–Crippen MR) is 53.9 cm³/mol. The Balaban J connectivity index is -0.000000000818. The fourth-order valence-electron chi connectivity index (χ4n) is 0. The number of carboxylic acid groups (broad SMARTS) is 2. The summed E-state index contributed by atoms with van der Waals surface area (Å²) >= 11 is 0. The zero-order valence-electron chi connectivity index (χ0n) is 6.80. The van der Waals surface area contributed by atoms with E-state index in [1.807, 2.05) is 0 Å². The molecule has 0 aromatic carbocycles. The van der Waals surface area contributed by atoms with Gasteiger partial charge in [-0.15, -0.1) is 0 Å². The maximum absolute atomic E-state index is 8.56. The average Bonchev–Trinajstić information content (AvgIpc) is 0.811. The molecule has 0 saturated carbocycles. The van der Waals surface area contributed by atoms with Crippen molar-refractivity contribution >= 4 is 35.7 Å². The molecule has 13 nitrogen and oxygen atoms in total. The molecule has 106 valence electrons. The Morgan fingerprint density at radius 2 is 0.533 bits per heavy atom. The summed E-state index contributed by atoms with van der Waals surface area (Å²) in [4.78, 5) is 8.56. The van der Waals surface area contributed by atoms with Gasteiger partial charge in [0, 0.05) is 0 Å². The van der Waals surface area contributed by atoms with E-state index in [0.717, 1.165) is 0 Å². The first-order valence-electron chi connectivity index (χ1n) is 0.651. The van der Waals surface area contributed by atoms with Gasteiger partial charge in [-0.2, -0.15) is 0 Å². The first kappa shape index (κ1) is 347. The van der Waals surface area contributed by atoms with E-state index in [9.17, 15) is 0 Å². The molecule has 0 heterocycles. The number of carbonyl (C=O) groups is 1. The fourth-order valence-corrected chi connectivity index (χ4v) is 0. The third kappa shape index (κ3) is 116000. The third-order valence-corrected chi connectivity index (χ3v) is 0. The van der Waals surface area contributed by atoms with Gasteiger partial charge in [-0.05, 0) is 0 Å². The molecule has 0 amide bonds. The van der Waals surface area contributed by atoms with Crippen LogP contribution in [0.25, 0.3) is 0 Å². The van der Waals surface area contributed by atoms with Crippen molar-refractivity contribution in [2.75, 3.05) is 0 Å². The van der Waals surface area contributed by atoms with Crippen molar-refractivity contribution in [1.82, 2.24) is 0 Å². The summed E-state index contributed by atoms with van der Waals surface area (Å²) in [6, 6.07) is 0. The Hall–Kier alpha value is -0.130. The Labute approximate surface area is 106 Å². The maximum atomic E-state index is 8.56. The zero-order chi connectivity index (χ0) is 3.58. The molecule has 0 bridgehead atoms. The molecule has 0 radical (unpaired) electrons. The molecule has 0 atom stereocenters. The summed E-state index contributed by atoms with van der Waals surface area (Å²) in [5.74, 6) is 0. The van der Waals surface area contributed by atoms with Crippen LogP contribution >= 0.6 is 0 Å². The van der Waals surface area contributed by atoms with Crippen molar-refractivity contribution in [2.24, 2.45) is 0 Å². The van der Waals surface area contributed by atoms with E-state index in [-0.39, 0.29) is 84.3 Å². The van der Waals surface area contributed by atoms with Crippen LogP contribution in [0.4, 0.5) is 4.79 Å². The predicted octanol–water partition coefficient (Wildman–Crippen LogP) is -8.67. The second kappa shape index (κ2) is 279. The molecule has 0 aliphatic rings. The van der Waals surface area contributed by atoms with Gasteiger partial charge in [-0.25, -0.2) is 4.79 Å². The van der Waals surface area contributed by atoms with Crippen LogP contribution in [-0.4, -0.2) is 101 Å². The number of rotatable bonds is 0. The van der Waals surface area contributed by atoms with Crippen molar-refractivity contribution in [3.8, 4) is 0 Å². The molecule has 0 aromatic rings. The average molecular weight is 266 g/mol. The molecule has 0 fully saturated rings. The van der Waals surface area contributed by atoms with Crippen LogP contribution in [0.1, 0.15) is 0 Å². The van der Waals surface area contributed by atoms with Crippen molar-refractivity contribution in [3.05, 3.63) is 0 Å². The van der Waals surface area contributed by atoms with Crippen molar-refractivity contribution in [2.45, 2.75) is 0 Å². The van der Waals surface area contributed by atoms with Gasteiger partial charge in [0.05, 0.1) is 0 Å². The van der Waals surface area contributed by atoms with Crippen LogP contribution in [0, 0.1) is 0 Å². The molecule has 0 rings (SSSR count). The van der Waals surface area contributed by atoms with E-state index in [1.54, 1.807) is 0 Å². The Morgan fingerprint density at radius 3 is 0.533 bits per heavy atom. The van der Waals surface area contributed by atoms with Gasteiger partial charge >= 0.3 is 35.7 Å². The van der Waals surface area contributed by atoms with Gasteiger partial charge in [0.2, 0.25) is 0 Å². The molecule has 0 saturated heterocycles. The summed E-state index contributed by atoms with van der Waals surface area (Å²) in [6.45, 7) is 0. The molecule has 22 N–H and O–H groups in total. The summed E-state index contributed by atoms with van der Waals surface area (Å²) in [6.07, 6.45) is -1.83. The first-order valence-corrected chi connectivity index (χ1v) is 0.651. The quantitative estimate of drug-likeness (QED) is 0.403. The van der Waals surface area contributed by atoms with E-state index < -0.39 is 6.16 Å². The normalized spacial score (nSPS) is 1.60. The SMILES string of the molecule is O.O.O.O.O.O.O.O.O.O.O=C(O)O.[NaH]. The Morgan fingerprint density at radius 1 is 0.533 bits per heavy atom. The summed E-state index contributed by atoms with van der Waals surface area (Å²) in [5.41, 5.74) is 0. The number of hydrogen-bond acceptors (Lipinski definition) is 1. The summed E-state index contributed by atoms with van der Waals surface area (Å²) in [5, 5.41) is 13.9. The molecule has 0 spiro atoms. The van der Waals surface area contributed by atoms with Crippen molar-refractivity contribution in [1.29, 1.82) is 0 Å². The molecule has 15 heavy (non-hydrogen) atoms. The van der Waals surface area contributed by atoms with Crippen LogP contribution in [0.3, 0.4) is 0 Å². The summed E-state index contributed by atoms with van der Waals surface area (Å²) in [7, 11) is 0. The van der Waals surface area contributed by atoms with Gasteiger partial charge < -0.3 is 65.0 Å². The van der Waals surface area contributed by atoms with Gasteiger partial charge in [-0.1, -0.05) is 0 Å².